The van der Waals surface area contributed by atoms with Gasteiger partial charge in [0.25, 0.3) is 5.56 Å². The van der Waals surface area contributed by atoms with Crippen LogP contribution in [0.25, 0.3) is 16.7 Å². The lowest BCUT2D eigenvalue weighted by Crippen LogP contribution is -2.07. The molecule has 18 heavy (non-hydrogen) atoms. The summed E-state index contributed by atoms with van der Waals surface area (Å²) < 4.78 is 14.8. The van der Waals surface area contributed by atoms with E-state index in [0.717, 1.165) is 5.56 Å². The van der Waals surface area contributed by atoms with Crippen molar-refractivity contribution < 1.29 is 4.39 Å². The van der Waals surface area contributed by atoms with Gasteiger partial charge in [-0.25, -0.2) is 14.1 Å². The van der Waals surface area contributed by atoms with Crippen LogP contribution in [0.3, 0.4) is 0 Å². The lowest BCUT2D eigenvalue weighted by Gasteiger charge is -2.06. The molecule has 0 amide bonds. The van der Waals surface area contributed by atoms with Crippen molar-refractivity contribution in [2.75, 3.05) is 0 Å². The van der Waals surface area contributed by atoms with Crippen molar-refractivity contribution >= 4 is 11.0 Å². The molecule has 2 heterocycles. The molecule has 0 spiro atoms. The lowest BCUT2D eigenvalue weighted by molar-refractivity contribution is 0.625. The number of aryl methyl sites for hydroxylation is 1. The van der Waals surface area contributed by atoms with E-state index in [9.17, 15) is 9.18 Å². The van der Waals surface area contributed by atoms with Gasteiger partial charge in [0.15, 0.2) is 5.65 Å². The molecule has 0 aliphatic heterocycles. The fourth-order valence-corrected chi connectivity index (χ4v) is 1.84. The Balaban J connectivity index is 2.36. The van der Waals surface area contributed by atoms with E-state index in [1.165, 1.54) is 29.3 Å². The Bertz CT molecular complexity index is 790. The maximum atomic E-state index is 13.3. The molecular formula is C12H9FN4O. The van der Waals surface area contributed by atoms with Crippen LogP contribution in [0.1, 0.15) is 5.56 Å². The first-order valence-corrected chi connectivity index (χ1v) is 5.35. The predicted molar refractivity (Wildman–Crippen MR) is 64.2 cm³/mol. The number of hydrogen-bond acceptors (Lipinski definition) is 3. The number of nitrogens with one attached hydrogen (secondary N) is 1. The molecular weight excluding hydrogens is 235 g/mol. The van der Waals surface area contributed by atoms with E-state index in [2.05, 4.69) is 15.1 Å². The molecule has 90 valence electrons. The summed E-state index contributed by atoms with van der Waals surface area (Å²) in [7, 11) is 0. The summed E-state index contributed by atoms with van der Waals surface area (Å²) in [5.74, 6) is -0.357. The number of H-pyrrole nitrogens is 1. The molecule has 0 unspecified atom stereocenters. The first-order valence-electron chi connectivity index (χ1n) is 5.35. The number of nitrogens with zero attached hydrogens (tertiary/aromatic N) is 3. The van der Waals surface area contributed by atoms with Crippen LogP contribution in [0, 0.1) is 12.7 Å². The number of aromatic nitrogens is 4. The van der Waals surface area contributed by atoms with Gasteiger partial charge in [-0.15, -0.1) is 0 Å². The molecule has 3 rings (SSSR count). The molecule has 0 aliphatic carbocycles. The number of rotatable bonds is 1. The summed E-state index contributed by atoms with van der Waals surface area (Å²) in [5, 5.41) is 4.47. The second-order valence-corrected chi connectivity index (χ2v) is 3.96. The second kappa shape index (κ2) is 3.76. The Hall–Kier alpha value is -2.50. The largest absolute Gasteiger partial charge is 0.312 e. The highest BCUT2D eigenvalue weighted by molar-refractivity contribution is 5.75. The molecule has 0 saturated heterocycles. The molecule has 6 heteroatoms. The van der Waals surface area contributed by atoms with Gasteiger partial charge in [0.2, 0.25) is 0 Å². The molecule has 2 aromatic heterocycles. The van der Waals surface area contributed by atoms with Gasteiger partial charge in [-0.1, -0.05) is 6.07 Å². The van der Waals surface area contributed by atoms with Gasteiger partial charge in [0.05, 0.1) is 18.2 Å². The predicted octanol–water partition coefficient (Wildman–Crippen LogP) is 1.56. The Morgan fingerprint density at radius 3 is 3.06 bits per heavy atom. The molecule has 0 saturated carbocycles. The molecule has 0 atom stereocenters. The third-order valence-electron chi connectivity index (χ3n) is 2.77. The number of fused-ring (bicyclic) bond motifs is 1. The number of aromatic amines is 1. The molecule has 1 aromatic carbocycles. The summed E-state index contributed by atoms with van der Waals surface area (Å²) in [4.78, 5) is 18.1. The van der Waals surface area contributed by atoms with Crippen molar-refractivity contribution in [3.63, 3.8) is 0 Å². The summed E-state index contributed by atoms with van der Waals surface area (Å²) in [6.07, 6.45) is 2.73. The number of halogens is 1. The van der Waals surface area contributed by atoms with Crippen LogP contribution in [-0.4, -0.2) is 19.7 Å². The summed E-state index contributed by atoms with van der Waals surface area (Å²) >= 11 is 0. The van der Waals surface area contributed by atoms with Crippen molar-refractivity contribution in [2.45, 2.75) is 6.92 Å². The van der Waals surface area contributed by atoms with E-state index in [1.807, 2.05) is 6.92 Å². The van der Waals surface area contributed by atoms with Crippen molar-refractivity contribution in [3.8, 4) is 5.69 Å². The monoisotopic (exact) mass is 244 g/mol. The quantitative estimate of drug-likeness (QED) is 0.706. The SMILES string of the molecule is Cc1ccc(F)cc1-n1ncc2c(=O)[nH]cnc21. The summed E-state index contributed by atoms with van der Waals surface area (Å²) in [5.41, 5.74) is 1.57. The van der Waals surface area contributed by atoms with Crippen molar-refractivity contribution in [2.24, 2.45) is 0 Å². The van der Waals surface area contributed by atoms with Crippen molar-refractivity contribution in [1.82, 2.24) is 19.7 Å². The molecule has 5 nitrogen and oxygen atoms in total. The molecule has 0 fully saturated rings. The van der Waals surface area contributed by atoms with Crippen LogP contribution < -0.4 is 5.56 Å². The summed E-state index contributed by atoms with van der Waals surface area (Å²) in [6.45, 7) is 1.84. The minimum atomic E-state index is -0.357. The molecule has 0 aliphatic rings. The first-order chi connectivity index (χ1) is 8.66. The van der Waals surface area contributed by atoms with Gasteiger partial charge in [0, 0.05) is 0 Å². The first kappa shape index (κ1) is 10.6. The smallest absolute Gasteiger partial charge is 0.261 e. The van der Waals surface area contributed by atoms with E-state index in [4.69, 9.17) is 0 Å². The number of hydrogen-bond donors (Lipinski definition) is 1. The highest BCUT2D eigenvalue weighted by Gasteiger charge is 2.11. The van der Waals surface area contributed by atoms with Crippen LogP contribution in [0.15, 0.2) is 35.5 Å². The van der Waals surface area contributed by atoms with Gasteiger partial charge in [-0.2, -0.15) is 5.10 Å². The van der Waals surface area contributed by atoms with Gasteiger partial charge in [-0.3, -0.25) is 4.79 Å². The lowest BCUT2D eigenvalue weighted by atomic mass is 10.2. The highest BCUT2D eigenvalue weighted by atomic mass is 19.1. The van der Waals surface area contributed by atoms with Gasteiger partial charge >= 0.3 is 0 Å². The Morgan fingerprint density at radius 2 is 2.22 bits per heavy atom. The van der Waals surface area contributed by atoms with Crippen LogP contribution in [0.5, 0.6) is 0 Å². The zero-order valence-corrected chi connectivity index (χ0v) is 9.51. The van der Waals surface area contributed by atoms with Crippen molar-refractivity contribution in [3.05, 3.63) is 52.5 Å². The van der Waals surface area contributed by atoms with E-state index >= 15 is 0 Å². The summed E-state index contributed by atoms with van der Waals surface area (Å²) in [6, 6.07) is 4.40. The topological polar surface area (TPSA) is 63.6 Å². The fraction of sp³-hybridized carbons (Fsp3) is 0.0833. The standard InChI is InChI=1S/C12H9FN4O/c1-7-2-3-8(13)4-10(7)17-11-9(5-16-17)12(18)15-6-14-11/h2-6H,1H3,(H,14,15,18). The van der Waals surface area contributed by atoms with E-state index < -0.39 is 0 Å². The zero-order chi connectivity index (χ0) is 12.7. The van der Waals surface area contributed by atoms with Crippen LogP contribution in [-0.2, 0) is 0 Å². The van der Waals surface area contributed by atoms with Gasteiger partial charge in [0.1, 0.15) is 11.2 Å². The fourth-order valence-electron chi connectivity index (χ4n) is 1.84. The maximum Gasteiger partial charge on any atom is 0.261 e. The Labute approximate surface area is 101 Å². The van der Waals surface area contributed by atoms with E-state index in [0.29, 0.717) is 16.7 Å². The molecule has 1 N–H and O–H groups in total. The third kappa shape index (κ3) is 1.50. The normalized spacial score (nSPS) is 11.0. The average Bonchev–Trinajstić information content (AvgIpc) is 2.77. The molecule has 3 aromatic rings. The molecule has 0 bridgehead atoms. The van der Waals surface area contributed by atoms with Crippen LogP contribution in [0.2, 0.25) is 0 Å². The van der Waals surface area contributed by atoms with Crippen LogP contribution in [0.4, 0.5) is 4.39 Å². The third-order valence-corrected chi connectivity index (χ3v) is 2.77. The van der Waals surface area contributed by atoms with E-state index in [-0.39, 0.29) is 11.4 Å². The average molecular weight is 244 g/mol. The number of benzene rings is 1. The Kier molecular flexibility index (Phi) is 2.22. The second-order valence-electron chi connectivity index (χ2n) is 3.96. The molecule has 0 radical (unpaired) electrons. The maximum absolute atomic E-state index is 13.3. The van der Waals surface area contributed by atoms with Crippen molar-refractivity contribution in [1.29, 1.82) is 0 Å². The van der Waals surface area contributed by atoms with Gasteiger partial charge in [-0.05, 0) is 24.6 Å². The van der Waals surface area contributed by atoms with Gasteiger partial charge < -0.3 is 4.98 Å². The zero-order valence-electron chi connectivity index (χ0n) is 9.51. The Morgan fingerprint density at radius 1 is 1.39 bits per heavy atom. The van der Waals surface area contributed by atoms with Crippen LogP contribution >= 0.6 is 0 Å². The van der Waals surface area contributed by atoms with E-state index in [1.54, 1.807) is 6.07 Å². The minimum Gasteiger partial charge on any atom is -0.312 e. The highest BCUT2D eigenvalue weighted by Crippen LogP contribution is 2.18. The minimum absolute atomic E-state index is 0.264.